The van der Waals surface area contributed by atoms with Gasteiger partial charge >= 0.3 is 12.1 Å². The zero-order chi connectivity index (χ0) is 15.5. The highest BCUT2D eigenvalue weighted by Gasteiger charge is 2.37. The zero-order valence-electron chi connectivity index (χ0n) is 9.96. The van der Waals surface area contributed by atoms with Crippen LogP contribution in [-0.2, 0) is 10.9 Å². The fraction of sp³-hybridized carbons (Fsp3) is 0.364. The molecule has 0 aliphatic rings. The second-order valence-corrected chi connectivity index (χ2v) is 3.45. The first kappa shape index (κ1) is 15.8. The molecule has 0 radical (unpaired) electrons. The quantitative estimate of drug-likeness (QED) is 0.635. The number of hydrogen-bond acceptors (Lipinski definition) is 4. The lowest BCUT2D eigenvalue weighted by molar-refractivity contribution is -0.138. The normalized spacial score (nSPS) is 11.3. The molecule has 4 nitrogen and oxygen atoms in total. The molecule has 0 saturated heterocycles. The third-order valence-electron chi connectivity index (χ3n) is 2.17. The first-order chi connectivity index (χ1) is 9.22. The van der Waals surface area contributed by atoms with E-state index >= 15 is 0 Å². The van der Waals surface area contributed by atoms with Gasteiger partial charge < -0.3 is 4.74 Å². The average molecular weight is 294 g/mol. The smallest absolute Gasteiger partial charge is 0.419 e. The Labute approximate surface area is 109 Å². The van der Waals surface area contributed by atoms with Gasteiger partial charge in [-0.2, -0.15) is 18.4 Å². The van der Waals surface area contributed by atoms with Crippen molar-refractivity contribution in [2.45, 2.75) is 19.5 Å². The molecular weight excluding hydrogens is 287 g/mol. The second-order valence-electron chi connectivity index (χ2n) is 3.45. The van der Waals surface area contributed by atoms with Crippen LogP contribution < -0.4 is 0 Å². The van der Waals surface area contributed by atoms with Crippen molar-refractivity contribution >= 4 is 5.97 Å². The molecule has 20 heavy (non-hydrogen) atoms. The molecule has 0 aliphatic heterocycles. The minimum absolute atomic E-state index is 0.0441. The summed E-state index contributed by atoms with van der Waals surface area (Å²) < 4.78 is 67.7. The largest absolute Gasteiger partial charge is 0.461 e. The Bertz CT molecular complexity index is 563. The number of alkyl halides is 5. The number of pyridine rings is 1. The number of esters is 1. The fourth-order valence-electron chi connectivity index (χ4n) is 1.36. The second kappa shape index (κ2) is 5.81. The van der Waals surface area contributed by atoms with Gasteiger partial charge in [0, 0.05) is 0 Å². The molecule has 1 rings (SSSR count). The van der Waals surface area contributed by atoms with Crippen molar-refractivity contribution < 1.29 is 31.5 Å². The Morgan fingerprint density at radius 1 is 1.50 bits per heavy atom. The van der Waals surface area contributed by atoms with Crippen LogP contribution in [0, 0.1) is 11.3 Å². The Morgan fingerprint density at radius 3 is 2.50 bits per heavy atom. The third kappa shape index (κ3) is 3.20. The van der Waals surface area contributed by atoms with Gasteiger partial charge in [0.2, 0.25) is 0 Å². The van der Waals surface area contributed by atoms with Gasteiger partial charge in [-0.15, -0.1) is 0 Å². The molecule has 0 spiro atoms. The van der Waals surface area contributed by atoms with E-state index in [0.29, 0.717) is 0 Å². The maximum Gasteiger partial charge on any atom is 0.419 e. The topological polar surface area (TPSA) is 63.0 Å². The van der Waals surface area contributed by atoms with E-state index in [1.807, 2.05) is 0 Å². The number of nitriles is 1. The van der Waals surface area contributed by atoms with Crippen molar-refractivity contribution in [2.75, 3.05) is 6.61 Å². The molecule has 0 saturated carbocycles. The first-order valence-corrected chi connectivity index (χ1v) is 5.19. The summed E-state index contributed by atoms with van der Waals surface area (Å²) in [4.78, 5) is 14.5. The Kier molecular flexibility index (Phi) is 4.60. The fourth-order valence-corrected chi connectivity index (χ4v) is 1.36. The van der Waals surface area contributed by atoms with E-state index in [9.17, 15) is 26.7 Å². The Morgan fingerprint density at radius 2 is 2.10 bits per heavy atom. The first-order valence-electron chi connectivity index (χ1n) is 5.19. The van der Waals surface area contributed by atoms with Crippen LogP contribution in [0.3, 0.4) is 0 Å². The lowest BCUT2D eigenvalue weighted by atomic mass is 10.1. The monoisotopic (exact) mass is 294 g/mol. The number of ether oxygens (including phenoxy) is 1. The van der Waals surface area contributed by atoms with Crippen LogP contribution in [-0.4, -0.2) is 17.6 Å². The highest BCUT2D eigenvalue weighted by Crippen LogP contribution is 2.34. The minimum Gasteiger partial charge on any atom is -0.461 e. The van der Waals surface area contributed by atoms with Gasteiger partial charge in [0.25, 0.3) is 6.43 Å². The lowest BCUT2D eigenvalue weighted by Crippen LogP contribution is -2.17. The van der Waals surface area contributed by atoms with Crippen molar-refractivity contribution in [1.29, 1.82) is 5.26 Å². The number of carbonyl (C=O) groups excluding carboxylic acids is 1. The zero-order valence-corrected chi connectivity index (χ0v) is 9.96. The number of nitrogens with zero attached hydrogens (tertiary/aromatic N) is 2. The highest BCUT2D eigenvalue weighted by atomic mass is 19.4. The van der Waals surface area contributed by atoms with Gasteiger partial charge in [0.15, 0.2) is 11.4 Å². The molecule has 0 aliphatic carbocycles. The summed E-state index contributed by atoms with van der Waals surface area (Å²) in [5.41, 5.74) is -5.01. The average Bonchev–Trinajstić information content (AvgIpc) is 2.36. The molecule has 0 aromatic carbocycles. The molecule has 0 N–H and O–H groups in total. The highest BCUT2D eigenvalue weighted by molar-refractivity contribution is 5.89. The van der Waals surface area contributed by atoms with E-state index in [-0.39, 0.29) is 12.7 Å². The number of carbonyl (C=O) groups is 1. The van der Waals surface area contributed by atoms with Crippen LogP contribution in [0.5, 0.6) is 0 Å². The van der Waals surface area contributed by atoms with Crippen molar-refractivity contribution in [3.63, 3.8) is 0 Å². The summed E-state index contributed by atoms with van der Waals surface area (Å²) in [6.45, 7) is 1.21. The Hall–Kier alpha value is -2.24. The molecule has 0 fully saturated rings. The van der Waals surface area contributed by atoms with E-state index in [2.05, 4.69) is 9.72 Å². The maximum atomic E-state index is 12.7. The molecule has 0 unspecified atom stereocenters. The van der Waals surface area contributed by atoms with Crippen molar-refractivity contribution in [2.24, 2.45) is 0 Å². The summed E-state index contributed by atoms with van der Waals surface area (Å²) in [6, 6.07) is 1.17. The minimum atomic E-state index is -5.03. The molecule has 108 valence electrons. The van der Waals surface area contributed by atoms with Crippen LogP contribution in [0.2, 0.25) is 0 Å². The number of halogens is 5. The van der Waals surface area contributed by atoms with E-state index in [0.717, 1.165) is 6.07 Å². The summed E-state index contributed by atoms with van der Waals surface area (Å²) in [6.07, 6.45) is -8.40. The van der Waals surface area contributed by atoms with Gasteiger partial charge in [0.1, 0.15) is 6.07 Å². The number of rotatable bonds is 3. The van der Waals surface area contributed by atoms with Gasteiger partial charge in [-0.25, -0.2) is 18.6 Å². The van der Waals surface area contributed by atoms with Crippen molar-refractivity contribution in [3.05, 3.63) is 28.6 Å². The van der Waals surface area contributed by atoms with Gasteiger partial charge in [-0.05, 0) is 13.0 Å². The molecule has 1 aromatic heterocycles. The summed E-state index contributed by atoms with van der Waals surface area (Å²) >= 11 is 0. The molecule has 0 atom stereocenters. The standard InChI is InChI=1S/C11H7F5N2O2/c1-2-20-10(19)8-5(9(12)13)3-6(11(14,15)16)7(4-17)18-8/h3,9H,2H2,1H3. The van der Waals surface area contributed by atoms with E-state index < -0.39 is 41.1 Å². The summed E-state index contributed by atoms with van der Waals surface area (Å²) in [5.74, 6) is -1.31. The molecule has 0 bridgehead atoms. The van der Waals surface area contributed by atoms with Crippen LogP contribution in [0.1, 0.15) is 40.7 Å². The van der Waals surface area contributed by atoms with E-state index in [1.54, 1.807) is 0 Å². The van der Waals surface area contributed by atoms with Gasteiger partial charge in [0.05, 0.1) is 17.7 Å². The molecular formula is C11H7F5N2O2. The SMILES string of the molecule is CCOC(=O)c1nc(C#N)c(C(F)(F)F)cc1C(F)F. The van der Waals surface area contributed by atoms with Crippen LogP contribution in [0.15, 0.2) is 6.07 Å². The van der Waals surface area contributed by atoms with E-state index in [1.165, 1.54) is 6.92 Å². The molecule has 1 heterocycles. The van der Waals surface area contributed by atoms with Gasteiger partial charge in [-0.3, -0.25) is 0 Å². The van der Waals surface area contributed by atoms with E-state index in [4.69, 9.17) is 5.26 Å². The molecule has 9 heteroatoms. The van der Waals surface area contributed by atoms with Crippen LogP contribution >= 0.6 is 0 Å². The van der Waals surface area contributed by atoms with Crippen LogP contribution in [0.4, 0.5) is 22.0 Å². The van der Waals surface area contributed by atoms with Crippen molar-refractivity contribution in [3.8, 4) is 6.07 Å². The number of aromatic nitrogens is 1. The molecule has 1 aromatic rings. The predicted molar refractivity (Wildman–Crippen MR) is 54.9 cm³/mol. The van der Waals surface area contributed by atoms with Crippen LogP contribution in [0.25, 0.3) is 0 Å². The summed E-state index contributed by atoms with van der Waals surface area (Å²) in [7, 11) is 0. The summed E-state index contributed by atoms with van der Waals surface area (Å²) in [5, 5.41) is 8.60. The maximum absolute atomic E-state index is 12.7. The lowest BCUT2D eigenvalue weighted by Gasteiger charge is -2.13. The number of hydrogen-bond donors (Lipinski definition) is 0. The molecule has 0 amide bonds. The van der Waals surface area contributed by atoms with Crippen molar-refractivity contribution in [1.82, 2.24) is 4.98 Å². The Balaban J connectivity index is 3.55. The predicted octanol–water partition coefficient (Wildman–Crippen LogP) is 3.09. The van der Waals surface area contributed by atoms with Gasteiger partial charge in [-0.1, -0.05) is 0 Å². The third-order valence-corrected chi connectivity index (χ3v) is 2.17.